The van der Waals surface area contributed by atoms with Crippen LogP contribution in [0.3, 0.4) is 0 Å². The monoisotopic (exact) mass is 822 g/mol. The third-order valence-electron chi connectivity index (χ3n) is 12.9. The lowest BCUT2D eigenvalue weighted by Gasteiger charge is -2.35. The summed E-state index contributed by atoms with van der Waals surface area (Å²) >= 11 is 0. The van der Waals surface area contributed by atoms with Gasteiger partial charge in [0.25, 0.3) is 0 Å². The second-order valence-corrected chi connectivity index (χ2v) is 21.3. The molecule has 10 aromatic rings. The third kappa shape index (κ3) is 6.93. The summed E-state index contributed by atoms with van der Waals surface area (Å²) in [6.45, 7) is 5.05. The van der Waals surface area contributed by atoms with Gasteiger partial charge in [0.1, 0.15) is 8.07 Å². The van der Waals surface area contributed by atoms with Gasteiger partial charge in [0, 0.05) is 34.1 Å². The van der Waals surface area contributed by atoms with Gasteiger partial charge in [-0.2, -0.15) is 0 Å². The molecule has 63 heavy (non-hydrogen) atoms. The zero-order valence-electron chi connectivity index (χ0n) is 35.5. The van der Waals surface area contributed by atoms with Gasteiger partial charge >= 0.3 is 0 Å². The molecule has 0 N–H and O–H groups in total. The number of rotatable bonds is 9. The van der Waals surface area contributed by atoms with Crippen molar-refractivity contribution in [1.29, 1.82) is 0 Å². The van der Waals surface area contributed by atoms with Crippen molar-refractivity contribution in [3.8, 4) is 44.5 Å². The molecule has 0 radical (unpaired) electrons. The van der Waals surface area contributed by atoms with E-state index < -0.39 is 8.07 Å². The molecule has 0 fully saturated rings. The van der Waals surface area contributed by atoms with Crippen LogP contribution in [0.1, 0.15) is 0 Å². The Balaban J connectivity index is 0.976. The summed E-state index contributed by atoms with van der Waals surface area (Å²) in [6.07, 6.45) is 0. The van der Waals surface area contributed by atoms with E-state index in [2.05, 4.69) is 266 Å². The first-order chi connectivity index (χ1) is 31.0. The van der Waals surface area contributed by atoms with E-state index in [9.17, 15) is 0 Å². The predicted molar refractivity (Wildman–Crippen MR) is 272 cm³/mol. The van der Waals surface area contributed by atoms with E-state index in [1.807, 2.05) is 0 Å². The Hall–Kier alpha value is -7.72. The summed E-state index contributed by atoms with van der Waals surface area (Å²) < 4.78 is 0. The van der Waals surface area contributed by atoms with Crippen molar-refractivity contribution in [2.75, 3.05) is 9.80 Å². The van der Waals surface area contributed by atoms with Gasteiger partial charge < -0.3 is 9.80 Å². The first-order valence-corrected chi connectivity index (χ1v) is 24.8. The smallest absolute Gasteiger partial charge is 0.113 e. The lowest BCUT2D eigenvalue weighted by Crippen LogP contribution is -2.56. The fourth-order valence-electron chi connectivity index (χ4n) is 9.68. The number of nitrogens with zero attached hydrogens (tertiary/aromatic N) is 2. The van der Waals surface area contributed by atoms with Crippen LogP contribution < -0.4 is 20.2 Å². The zero-order chi connectivity index (χ0) is 42.3. The first kappa shape index (κ1) is 38.2. The minimum Gasteiger partial charge on any atom is -0.311 e. The maximum Gasteiger partial charge on any atom is 0.113 e. The van der Waals surface area contributed by atoms with E-state index in [0.29, 0.717) is 0 Å². The number of para-hydroxylation sites is 2. The van der Waals surface area contributed by atoms with Crippen LogP contribution in [0, 0.1) is 0 Å². The van der Waals surface area contributed by atoms with Crippen molar-refractivity contribution in [1.82, 2.24) is 0 Å². The number of hydrogen-bond donors (Lipinski definition) is 0. The van der Waals surface area contributed by atoms with Crippen LogP contribution in [0.5, 0.6) is 0 Å². The number of fused-ring (bicyclic) bond motifs is 2. The lowest BCUT2D eigenvalue weighted by molar-refractivity contribution is 1.28. The van der Waals surface area contributed by atoms with E-state index in [1.165, 1.54) is 71.3 Å². The summed E-state index contributed by atoms with van der Waals surface area (Å²) in [5.74, 6) is 0. The van der Waals surface area contributed by atoms with Gasteiger partial charge in [0.2, 0.25) is 0 Å². The van der Waals surface area contributed by atoms with E-state index >= 15 is 0 Å². The van der Waals surface area contributed by atoms with Crippen molar-refractivity contribution < 1.29 is 0 Å². The molecule has 300 valence electrons. The highest BCUT2D eigenvalue weighted by Gasteiger charge is 2.36. The highest BCUT2D eigenvalue weighted by molar-refractivity contribution is 7.03. The van der Waals surface area contributed by atoms with Gasteiger partial charge in [-0.25, -0.2) is 0 Å². The van der Waals surface area contributed by atoms with Crippen LogP contribution in [0.4, 0.5) is 34.1 Å². The lowest BCUT2D eigenvalue weighted by atomic mass is 9.91. The van der Waals surface area contributed by atoms with Crippen molar-refractivity contribution in [3.05, 3.63) is 243 Å². The number of hydrogen-bond acceptors (Lipinski definition) is 2. The summed E-state index contributed by atoms with van der Waals surface area (Å²) in [7, 11) is -2.15. The van der Waals surface area contributed by atoms with Gasteiger partial charge in [0.15, 0.2) is 0 Å². The van der Waals surface area contributed by atoms with Gasteiger partial charge in [-0.1, -0.05) is 183 Å². The van der Waals surface area contributed by atoms with Crippen LogP contribution in [0.15, 0.2) is 243 Å². The van der Waals surface area contributed by atoms with Gasteiger partial charge in [-0.15, -0.1) is 0 Å². The highest BCUT2D eigenvalue weighted by atomic mass is 28.3. The van der Waals surface area contributed by atoms with Gasteiger partial charge in [0.05, 0.1) is 0 Å². The predicted octanol–water partition coefficient (Wildman–Crippen LogP) is 15.6. The Labute approximate surface area is 371 Å². The molecule has 0 aromatic heterocycles. The van der Waals surface area contributed by atoms with E-state index in [4.69, 9.17) is 0 Å². The maximum atomic E-state index is 2.53. The maximum absolute atomic E-state index is 2.53. The summed E-state index contributed by atoms with van der Waals surface area (Å²) in [5, 5.41) is 5.68. The molecule has 0 saturated carbocycles. The summed E-state index contributed by atoms with van der Waals surface area (Å²) in [4.78, 5) is 4.75. The molecule has 0 atom stereocenters. The van der Waals surface area contributed by atoms with Crippen molar-refractivity contribution in [2.24, 2.45) is 0 Å². The fraction of sp³-hybridized carbons (Fsp3) is 0.0333. The minimum absolute atomic E-state index is 1.11. The Morgan fingerprint density at radius 3 is 1.16 bits per heavy atom. The van der Waals surface area contributed by atoms with Crippen molar-refractivity contribution in [2.45, 2.75) is 13.1 Å². The molecule has 11 rings (SSSR count). The molecule has 0 saturated heterocycles. The molecule has 0 aliphatic carbocycles. The Morgan fingerprint density at radius 2 is 0.651 bits per heavy atom. The molecule has 0 bridgehead atoms. The van der Waals surface area contributed by atoms with Crippen LogP contribution in [-0.4, -0.2) is 8.07 Å². The quantitative estimate of drug-likeness (QED) is 0.134. The van der Waals surface area contributed by atoms with E-state index in [0.717, 1.165) is 28.4 Å². The minimum atomic E-state index is -2.15. The zero-order valence-corrected chi connectivity index (χ0v) is 36.5. The van der Waals surface area contributed by atoms with Gasteiger partial charge in [-0.05, 0) is 138 Å². The Bertz CT molecular complexity index is 3080. The normalized spacial score (nSPS) is 12.4. The molecule has 10 aromatic carbocycles. The first-order valence-electron chi connectivity index (χ1n) is 21.8. The van der Waals surface area contributed by atoms with Crippen LogP contribution in [-0.2, 0) is 0 Å². The van der Waals surface area contributed by atoms with Crippen molar-refractivity contribution >= 4 is 63.3 Å². The summed E-state index contributed by atoms with van der Waals surface area (Å²) in [6, 6.07) is 88.6. The SMILES string of the molecule is C[Si]1(C)c2cc(N(c3ccccc3)c3ccccc3)ccc2-c2ccc(-c3ccc(N(c4ccc(-c5ccccc5)cc4)c4ccc(-c5ccccc5)cc4)cc3)c3cccc1c23. The second kappa shape index (κ2) is 16.0. The van der Waals surface area contributed by atoms with Crippen LogP contribution in [0.2, 0.25) is 13.1 Å². The van der Waals surface area contributed by atoms with Crippen molar-refractivity contribution in [3.63, 3.8) is 0 Å². The van der Waals surface area contributed by atoms with Crippen LogP contribution in [0.25, 0.3) is 55.3 Å². The Morgan fingerprint density at radius 1 is 0.270 bits per heavy atom. The molecular formula is C60H46N2Si. The summed E-state index contributed by atoms with van der Waals surface area (Å²) in [5.41, 5.74) is 16.8. The molecular weight excluding hydrogens is 777 g/mol. The van der Waals surface area contributed by atoms with E-state index in [-0.39, 0.29) is 0 Å². The molecule has 0 amide bonds. The third-order valence-corrected chi connectivity index (χ3v) is 16.4. The largest absolute Gasteiger partial charge is 0.311 e. The molecule has 1 heterocycles. The molecule has 0 unspecified atom stereocenters. The topological polar surface area (TPSA) is 6.48 Å². The average Bonchev–Trinajstić information content (AvgIpc) is 3.35. The Kier molecular flexibility index (Phi) is 9.68. The molecule has 1 aliphatic heterocycles. The molecule has 1 aliphatic rings. The molecule has 2 nitrogen and oxygen atoms in total. The van der Waals surface area contributed by atoms with E-state index in [1.54, 1.807) is 0 Å². The number of benzene rings is 10. The van der Waals surface area contributed by atoms with Gasteiger partial charge in [-0.3, -0.25) is 0 Å². The molecule has 3 heteroatoms. The fourth-order valence-corrected chi connectivity index (χ4v) is 12.8. The highest BCUT2D eigenvalue weighted by Crippen LogP contribution is 2.43. The number of anilines is 6. The molecule has 0 spiro atoms. The van der Waals surface area contributed by atoms with Crippen LogP contribution >= 0.6 is 0 Å². The second-order valence-electron chi connectivity index (χ2n) is 17.0. The standard InChI is InChI=1S/C60H46N2Si/c1-63(2)58-25-15-24-56-54(40-41-57(60(56)58)55-39-38-53(42-59(55)63)62(48-20-11-5-12-21-48)49-22-13-6-14-23-49)47-30-36-52(37-31-47)61(50-32-26-45(27-33-50)43-16-7-3-8-17-43)51-34-28-46(29-35-51)44-18-9-4-10-19-44/h3-42H,1-2H3. The average molecular weight is 823 g/mol.